The Balaban J connectivity index is 1.75. The fourth-order valence-corrected chi connectivity index (χ4v) is 4.13. The third kappa shape index (κ3) is 6.18. The fraction of sp³-hybridized carbons (Fsp3) is 0.458. The number of rotatable bonds is 10. The molecule has 0 aliphatic heterocycles. The van der Waals surface area contributed by atoms with Gasteiger partial charge in [0.1, 0.15) is 29.5 Å². The third-order valence-electron chi connectivity index (χ3n) is 5.69. The molecule has 0 aromatic heterocycles. The van der Waals surface area contributed by atoms with Crippen molar-refractivity contribution in [3.8, 4) is 11.5 Å². The minimum absolute atomic E-state index is 0.154. The molecule has 1 saturated carbocycles. The van der Waals surface area contributed by atoms with Crippen LogP contribution in [0.4, 0.5) is 4.39 Å². The molecule has 3 rings (SSSR count). The minimum Gasteiger partial charge on any atom is -0.497 e. The van der Waals surface area contributed by atoms with Crippen LogP contribution < -0.4 is 14.8 Å². The summed E-state index contributed by atoms with van der Waals surface area (Å²) in [5.74, 6) is 0.548. The van der Waals surface area contributed by atoms with Gasteiger partial charge in [-0.1, -0.05) is 18.2 Å². The van der Waals surface area contributed by atoms with Crippen molar-refractivity contribution in [3.63, 3.8) is 0 Å². The molecule has 0 spiro atoms. The Morgan fingerprint density at radius 2 is 1.94 bits per heavy atom. The zero-order valence-corrected chi connectivity index (χ0v) is 18.7. The van der Waals surface area contributed by atoms with Crippen LogP contribution >= 0.6 is 0 Å². The van der Waals surface area contributed by atoms with Crippen molar-refractivity contribution in [1.82, 2.24) is 10.2 Å². The number of carbonyl (C=O) groups excluding carboxylic acids is 1. The molecule has 0 unspecified atom stereocenters. The van der Waals surface area contributed by atoms with Crippen molar-refractivity contribution in [2.75, 3.05) is 27.9 Å². The standard InChI is InChI=1S/C24H31FN2O5/c1-27(15-16-7-9-18(31-3)10-8-16)23-20(26-22(28)11-12-30-2)14-21(24(23)29)32-19-6-4-5-17(25)13-19/h4-10,13,20-21,23-24,29H,11-12,14-15H2,1-3H3,(H,26,28)/t20-,21-,23+,24+/m1/s1. The monoisotopic (exact) mass is 446 g/mol. The van der Waals surface area contributed by atoms with Gasteiger partial charge in [0.25, 0.3) is 0 Å². The molecule has 8 heteroatoms. The van der Waals surface area contributed by atoms with E-state index < -0.39 is 18.0 Å². The van der Waals surface area contributed by atoms with Gasteiger partial charge in [-0.25, -0.2) is 4.39 Å². The summed E-state index contributed by atoms with van der Waals surface area (Å²) in [4.78, 5) is 14.4. The highest BCUT2D eigenvalue weighted by Gasteiger charge is 2.46. The molecule has 0 radical (unpaired) electrons. The number of hydrogen-bond donors (Lipinski definition) is 2. The summed E-state index contributed by atoms with van der Waals surface area (Å²) in [6.45, 7) is 0.875. The maximum absolute atomic E-state index is 13.6. The number of halogens is 1. The highest BCUT2D eigenvalue weighted by atomic mass is 19.1. The predicted octanol–water partition coefficient (Wildman–Crippen LogP) is 2.37. The highest BCUT2D eigenvalue weighted by Crippen LogP contribution is 2.30. The first-order valence-corrected chi connectivity index (χ1v) is 10.6. The molecule has 0 saturated heterocycles. The van der Waals surface area contributed by atoms with Gasteiger partial charge in [-0.05, 0) is 36.9 Å². The second-order valence-electron chi connectivity index (χ2n) is 8.01. The minimum atomic E-state index is -0.880. The van der Waals surface area contributed by atoms with Crippen LogP contribution in [0.3, 0.4) is 0 Å². The van der Waals surface area contributed by atoms with Crippen LogP contribution in [0.15, 0.2) is 48.5 Å². The van der Waals surface area contributed by atoms with E-state index in [1.54, 1.807) is 26.4 Å². The summed E-state index contributed by atoms with van der Waals surface area (Å²) < 4.78 is 29.7. The molecule has 0 bridgehead atoms. The van der Waals surface area contributed by atoms with Gasteiger partial charge in [0.15, 0.2) is 0 Å². The molecule has 2 N–H and O–H groups in total. The maximum Gasteiger partial charge on any atom is 0.222 e. The number of nitrogens with one attached hydrogen (secondary N) is 1. The van der Waals surface area contributed by atoms with E-state index in [-0.39, 0.29) is 24.4 Å². The molecular weight excluding hydrogens is 415 g/mol. The molecular formula is C24H31FN2O5. The molecule has 1 fully saturated rings. The summed E-state index contributed by atoms with van der Waals surface area (Å²) in [6.07, 6.45) is -0.844. The maximum atomic E-state index is 13.6. The Labute approximate surface area is 188 Å². The molecule has 174 valence electrons. The molecule has 0 heterocycles. The second kappa shape index (κ2) is 11.3. The lowest BCUT2D eigenvalue weighted by atomic mass is 10.1. The van der Waals surface area contributed by atoms with Crippen LogP contribution in [0.1, 0.15) is 18.4 Å². The SMILES string of the molecule is COCCC(=O)N[C@@H]1C[C@@H](Oc2cccc(F)c2)[C@H](O)[C@H]1N(C)Cc1ccc(OC)cc1. The smallest absolute Gasteiger partial charge is 0.222 e. The fourth-order valence-electron chi connectivity index (χ4n) is 4.13. The predicted molar refractivity (Wildman–Crippen MR) is 118 cm³/mol. The topological polar surface area (TPSA) is 80.3 Å². The Hall–Kier alpha value is -2.68. The van der Waals surface area contributed by atoms with Gasteiger partial charge >= 0.3 is 0 Å². The van der Waals surface area contributed by atoms with Crippen LogP contribution in [0.25, 0.3) is 0 Å². The Morgan fingerprint density at radius 3 is 2.59 bits per heavy atom. The van der Waals surface area contributed by atoms with E-state index in [0.717, 1.165) is 11.3 Å². The number of aliphatic hydroxyl groups is 1. The summed E-state index contributed by atoms with van der Waals surface area (Å²) >= 11 is 0. The number of benzene rings is 2. The molecule has 32 heavy (non-hydrogen) atoms. The lowest BCUT2D eigenvalue weighted by molar-refractivity contribution is -0.123. The average Bonchev–Trinajstić information content (AvgIpc) is 3.07. The van der Waals surface area contributed by atoms with Crippen LogP contribution in [0.2, 0.25) is 0 Å². The summed E-state index contributed by atoms with van der Waals surface area (Å²) in [5.41, 5.74) is 1.04. The summed E-state index contributed by atoms with van der Waals surface area (Å²) in [7, 11) is 5.06. The Kier molecular flexibility index (Phi) is 8.44. The van der Waals surface area contributed by atoms with Crippen molar-refractivity contribution in [2.45, 2.75) is 43.7 Å². The van der Waals surface area contributed by atoms with E-state index in [1.807, 2.05) is 36.2 Å². The van der Waals surface area contributed by atoms with Crippen LogP contribution in [-0.4, -0.2) is 68.1 Å². The number of amides is 1. The number of carbonyl (C=O) groups is 1. The van der Waals surface area contributed by atoms with Crippen LogP contribution in [-0.2, 0) is 16.1 Å². The third-order valence-corrected chi connectivity index (χ3v) is 5.69. The zero-order valence-electron chi connectivity index (χ0n) is 18.7. The van der Waals surface area contributed by atoms with Crippen molar-refractivity contribution in [1.29, 1.82) is 0 Å². The van der Waals surface area contributed by atoms with Crippen LogP contribution in [0, 0.1) is 5.82 Å². The normalized spacial score (nSPS) is 22.7. The number of nitrogens with zero attached hydrogens (tertiary/aromatic N) is 1. The van der Waals surface area contributed by atoms with E-state index in [2.05, 4.69) is 5.32 Å². The number of methoxy groups -OCH3 is 2. The quantitative estimate of drug-likeness (QED) is 0.583. The van der Waals surface area contributed by atoms with E-state index >= 15 is 0 Å². The van der Waals surface area contributed by atoms with Gasteiger partial charge in [-0.3, -0.25) is 9.69 Å². The van der Waals surface area contributed by atoms with Gasteiger partial charge in [0, 0.05) is 32.6 Å². The lowest BCUT2D eigenvalue weighted by Crippen LogP contribution is -2.52. The van der Waals surface area contributed by atoms with E-state index in [1.165, 1.54) is 12.1 Å². The second-order valence-corrected chi connectivity index (χ2v) is 8.01. The molecule has 4 atom stereocenters. The van der Waals surface area contributed by atoms with Crippen molar-refractivity contribution in [3.05, 3.63) is 59.9 Å². The van der Waals surface area contributed by atoms with Gasteiger partial charge in [0.05, 0.1) is 25.8 Å². The Bertz CT molecular complexity index is 879. The first-order valence-electron chi connectivity index (χ1n) is 10.6. The first kappa shape index (κ1) is 24.0. The largest absolute Gasteiger partial charge is 0.497 e. The van der Waals surface area contributed by atoms with Gasteiger partial charge in [-0.15, -0.1) is 0 Å². The van der Waals surface area contributed by atoms with E-state index in [4.69, 9.17) is 14.2 Å². The summed E-state index contributed by atoms with van der Waals surface area (Å²) in [6, 6.07) is 12.8. The van der Waals surface area contributed by atoms with Gasteiger partial charge in [-0.2, -0.15) is 0 Å². The van der Waals surface area contributed by atoms with E-state index in [9.17, 15) is 14.3 Å². The van der Waals surface area contributed by atoms with Crippen molar-refractivity contribution < 1.29 is 28.5 Å². The number of ether oxygens (including phenoxy) is 3. The summed E-state index contributed by atoms with van der Waals surface area (Å²) in [5, 5.41) is 14.1. The van der Waals surface area contributed by atoms with Crippen molar-refractivity contribution >= 4 is 5.91 Å². The average molecular weight is 447 g/mol. The van der Waals surface area contributed by atoms with Gasteiger partial charge < -0.3 is 24.6 Å². The molecule has 1 aliphatic rings. The molecule has 2 aromatic carbocycles. The molecule has 1 aliphatic carbocycles. The Morgan fingerprint density at radius 1 is 1.19 bits per heavy atom. The number of hydrogen-bond acceptors (Lipinski definition) is 6. The molecule has 1 amide bonds. The van der Waals surface area contributed by atoms with E-state index in [0.29, 0.717) is 25.3 Å². The first-order chi connectivity index (χ1) is 15.4. The molecule has 2 aromatic rings. The number of aliphatic hydroxyl groups excluding tert-OH is 1. The highest BCUT2D eigenvalue weighted by molar-refractivity contribution is 5.76. The zero-order chi connectivity index (χ0) is 23.1. The van der Waals surface area contributed by atoms with Crippen LogP contribution in [0.5, 0.6) is 11.5 Å². The molecule has 7 nitrogen and oxygen atoms in total. The van der Waals surface area contributed by atoms with Gasteiger partial charge in [0.2, 0.25) is 5.91 Å². The van der Waals surface area contributed by atoms with Crippen molar-refractivity contribution in [2.24, 2.45) is 0 Å². The number of likely N-dealkylation sites (N-methyl/N-ethyl adjacent to an activating group) is 1. The lowest BCUT2D eigenvalue weighted by Gasteiger charge is -2.32.